The molecule has 0 aliphatic carbocycles. The van der Waals surface area contributed by atoms with Gasteiger partial charge in [0.15, 0.2) is 0 Å². The van der Waals surface area contributed by atoms with Crippen molar-refractivity contribution >= 4 is 0 Å². The van der Waals surface area contributed by atoms with Crippen molar-refractivity contribution in [1.29, 1.82) is 0 Å². The molecule has 1 heteroatoms. The Morgan fingerprint density at radius 3 is 2.00 bits per heavy atom. The van der Waals surface area contributed by atoms with Gasteiger partial charge in [0.25, 0.3) is 0 Å². The van der Waals surface area contributed by atoms with Crippen molar-refractivity contribution in [2.45, 2.75) is 13.8 Å². The van der Waals surface area contributed by atoms with Gasteiger partial charge in [0.2, 0.25) is 0 Å². The quantitative estimate of drug-likeness (QED) is 0.579. The molecule has 0 heterocycles. The van der Waals surface area contributed by atoms with E-state index >= 15 is 0 Å². The first kappa shape index (κ1) is 7.79. The first-order valence-corrected chi connectivity index (χ1v) is 4.20. The van der Waals surface area contributed by atoms with Crippen LogP contribution < -0.4 is 0 Å². The molecule has 1 aromatic carbocycles. The van der Waals surface area contributed by atoms with Gasteiger partial charge in [-0.3, -0.25) is 0 Å². The zero-order chi connectivity index (χ0) is 7.56. The molecule has 0 spiro atoms. The van der Waals surface area contributed by atoms with E-state index in [1.165, 1.54) is 16.7 Å². The Morgan fingerprint density at radius 2 is 1.70 bits per heavy atom. The molecule has 0 aliphatic rings. The van der Waals surface area contributed by atoms with Crippen LogP contribution in [0.15, 0.2) is 18.2 Å². The van der Waals surface area contributed by atoms with Crippen LogP contribution in [0.5, 0.6) is 0 Å². The average molecular weight is 213 g/mol. The summed E-state index contributed by atoms with van der Waals surface area (Å²) >= 11 is 1.89. The van der Waals surface area contributed by atoms with E-state index in [9.17, 15) is 0 Å². The Labute approximate surface area is 72.3 Å². The van der Waals surface area contributed by atoms with Crippen LogP contribution >= 0.6 is 0 Å². The van der Waals surface area contributed by atoms with Crippen LogP contribution in [0.3, 0.4) is 0 Å². The Morgan fingerprint density at radius 1 is 1.20 bits per heavy atom. The third-order valence-electron chi connectivity index (χ3n) is 1.58. The summed E-state index contributed by atoms with van der Waals surface area (Å²) in [6, 6.07) is 6.30. The van der Waals surface area contributed by atoms with Crippen molar-refractivity contribution in [3.05, 3.63) is 34.9 Å². The topological polar surface area (TPSA) is 0 Å². The van der Waals surface area contributed by atoms with Crippen LogP contribution in [0.1, 0.15) is 16.7 Å². The second-order valence-electron chi connectivity index (χ2n) is 2.37. The molecule has 0 N–H and O–H groups in total. The molecule has 0 atom stereocenters. The molecule has 0 aliphatic heterocycles. The van der Waals surface area contributed by atoms with Crippen molar-refractivity contribution in [2.75, 3.05) is 0 Å². The van der Waals surface area contributed by atoms with E-state index in [2.05, 4.69) is 36.2 Å². The van der Waals surface area contributed by atoms with Gasteiger partial charge in [0.1, 0.15) is 0 Å². The van der Waals surface area contributed by atoms with Gasteiger partial charge >= 0.3 is 72.1 Å². The minimum absolute atomic E-state index is 1.26. The van der Waals surface area contributed by atoms with Crippen molar-refractivity contribution in [2.24, 2.45) is 0 Å². The van der Waals surface area contributed by atoms with E-state index in [0.29, 0.717) is 0 Å². The normalized spacial score (nSPS) is 8.90. The summed E-state index contributed by atoms with van der Waals surface area (Å²) in [5.74, 6) is 0. The summed E-state index contributed by atoms with van der Waals surface area (Å²) < 4.78 is 3.17. The molecule has 0 aromatic heterocycles. The predicted molar refractivity (Wildman–Crippen MR) is 38.9 cm³/mol. The molecule has 0 saturated heterocycles. The van der Waals surface area contributed by atoms with Crippen LogP contribution in [0.2, 0.25) is 0 Å². The van der Waals surface area contributed by atoms with Gasteiger partial charge in [-0.25, -0.2) is 0 Å². The van der Waals surface area contributed by atoms with Crippen LogP contribution in [-0.4, -0.2) is 0 Å². The maximum atomic E-state index is 3.17. The molecular weight excluding hydrogens is 204 g/mol. The zero-order valence-electron chi connectivity index (χ0n) is 6.14. The van der Waals surface area contributed by atoms with Crippen LogP contribution in [0.4, 0.5) is 0 Å². The second-order valence-corrected chi connectivity index (χ2v) is 2.87. The molecule has 0 nitrogen and oxygen atoms in total. The van der Waals surface area contributed by atoms with Crippen LogP contribution in [-0.2, 0) is 19.2 Å². The van der Waals surface area contributed by atoms with Gasteiger partial charge in [-0.15, -0.1) is 0 Å². The molecule has 0 saturated carbocycles. The summed E-state index contributed by atoms with van der Waals surface area (Å²) in [4.78, 5) is 0. The van der Waals surface area contributed by atoms with Gasteiger partial charge in [-0.05, 0) is 0 Å². The third kappa shape index (κ3) is 1.40. The number of aryl methyl sites for hydroxylation is 2. The molecule has 51 valence electrons. The second kappa shape index (κ2) is 3.19. The van der Waals surface area contributed by atoms with E-state index in [0.717, 1.165) is 0 Å². The summed E-state index contributed by atoms with van der Waals surface area (Å²) in [6.07, 6.45) is 0. The van der Waals surface area contributed by atoms with Gasteiger partial charge in [0, 0.05) is 0 Å². The monoisotopic (exact) mass is 215 g/mol. The molecule has 0 unspecified atom stereocenters. The molecule has 0 radical (unpaired) electrons. The summed E-state index contributed by atoms with van der Waals surface area (Å²) in [7, 11) is 0. The fourth-order valence-corrected chi connectivity index (χ4v) is 1.77. The number of hydrogen-bond donors (Lipinski definition) is 0. The first-order chi connectivity index (χ1) is 4.75. The van der Waals surface area contributed by atoms with E-state index in [-0.39, 0.29) is 0 Å². The van der Waals surface area contributed by atoms with Gasteiger partial charge < -0.3 is 0 Å². The van der Waals surface area contributed by atoms with Crippen molar-refractivity contribution < 1.29 is 19.2 Å². The van der Waals surface area contributed by atoms with E-state index in [1.54, 1.807) is 0 Å². The summed E-state index contributed by atoms with van der Waals surface area (Å²) in [5.41, 5.74) is 3.88. The molecule has 0 amide bonds. The van der Waals surface area contributed by atoms with Crippen LogP contribution in [0, 0.1) is 18.0 Å². The number of hydrogen-bond acceptors (Lipinski definition) is 0. The van der Waals surface area contributed by atoms with E-state index < -0.39 is 0 Å². The Bertz CT molecular complexity index is 261. The Hall–Kier alpha value is -0.312. The average Bonchev–Trinajstić information content (AvgIpc) is 1.88. The van der Waals surface area contributed by atoms with Crippen LogP contribution in [0.25, 0.3) is 0 Å². The fourth-order valence-electron chi connectivity index (χ4n) is 0.975. The third-order valence-corrected chi connectivity index (χ3v) is 2.08. The molecule has 1 aromatic rings. The molecular formula is C9H9Mo. The van der Waals surface area contributed by atoms with Gasteiger partial charge in [0.05, 0.1) is 0 Å². The van der Waals surface area contributed by atoms with Gasteiger partial charge in [-0.2, -0.15) is 0 Å². The molecule has 10 heavy (non-hydrogen) atoms. The first-order valence-electron chi connectivity index (χ1n) is 3.20. The van der Waals surface area contributed by atoms with Crippen molar-refractivity contribution in [1.82, 2.24) is 0 Å². The predicted octanol–water partition coefficient (Wildman–Crippen LogP) is 2.16. The SMILES string of the molecule is Cc1cccc(C)c1[C]#[Mo]. The summed E-state index contributed by atoms with van der Waals surface area (Å²) in [5, 5.41) is 0. The molecule has 0 bridgehead atoms. The van der Waals surface area contributed by atoms with E-state index in [1.807, 2.05) is 19.2 Å². The molecule has 0 fully saturated rings. The molecule has 1 rings (SSSR count). The minimum atomic E-state index is 1.26. The maximum absolute atomic E-state index is 3.17. The van der Waals surface area contributed by atoms with Crippen molar-refractivity contribution in [3.63, 3.8) is 0 Å². The van der Waals surface area contributed by atoms with Crippen molar-refractivity contribution in [3.8, 4) is 4.20 Å². The van der Waals surface area contributed by atoms with Gasteiger partial charge in [-0.1, -0.05) is 0 Å². The number of rotatable bonds is 0. The summed E-state index contributed by atoms with van der Waals surface area (Å²) in [6.45, 7) is 4.22. The fraction of sp³-hybridized carbons (Fsp3) is 0.222. The van der Waals surface area contributed by atoms with E-state index in [4.69, 9.17) is 0 Å². The Balaban J connectivity index is 3.34. The Kier molecular flexibility index (Phi) is 2.49. The zero-order valence-corrected chi connectivity index (χ0v) is 8.15. The number of benzene rings is 1. The standard InChI is InChI=1S/C9H9.Mo/c1-7-5-4-6-8(2)9(7)3;/h4-6H,1-2H3;.